The second kappa shape index (κ2) is 9.86. The number of aliphatic hydroxyl groups is 1. The lowest BCUT2D eigenvalue weighted by atomic mass is 10.1. The number of nitrogens with one attached hydrogen (secondary N) is 1. The Morgan fingerprint density at radius 2 is 1.64 bits per heavy atom. The zero-order valence-electron chi connectivity index (χ0n) is 18.6. The van der Waals surface area contributed by atoms with Crippen LogP contribution in [0.25, 0.3) is 0 Å². The van der Waals surface area contributed by atoms with Crippen LogP contribution in [-0.4, -0.2) is 33.3 Å². The van der Waals surface area contributed by atoms with Gasteiger partial charge >= 0.3 is 0 Å². The summed E-state index contributed by atoms with van der Waals surface area (Å²) >= 11 is 0.957. The van der Waals surface area contributed by atoms with E-state index in [1.54, 1.807) is 0 Å². The summed E-state index contributed by atoms with van der Waals surface area (Å²) in [5.41, 5.74) is -0.355. The molecule has 0 saturated carbocycles. The molecule has 0 saturated heterocycles. The van der Waals surface area contributed by atoms with E-state index in [-0.39, 0.29) is 28.4 Å². The number of aliphatic hydroxyl groups excluding tert-OH is 1. The van der Waals surface area contributed by atoms with E-state index in [1.807, 2.05) is 0 Å². The van der Waals surface area contributed by atoms with E-state index in [0.29, 0.717) is 18.2 Å². The molecule has 2 heterocycles. The molecule has 0 spiro atoms. The summed E-state index contributed by atoms with van der Waals surface area (Å²) in [5, 5.41) is 12.4. The average molecular weight is 523 g/mol. The number of hydrogen-bond acceptors (Lipinski definition) is 5. The average Bonchev–Trinajstić information content (AvgIpc) is 2.80. The number of anilines is 1. The number of thioether (sulfide) groups is 1. The molecule has 6 nitrogen and oxygen atoms in total. The van der Waals surface area contributed by atoms with Crippen LogP contribution in [0.2, 0.25) is 0 Å². The quantitative estimate of drug-likeness (QED) is 0.476. The van der Waals surface area contributed by atoms with Crippen LogP contribution < -0.4 is 10.2 Å². The van der Waals surface area contributed by atoms with Crippen molar-refractivity contribution in [3.63, 3.8) is 0 Å². The summed E-state index contributed by atoms with van der Waals surface area (Å²) in [6.07, 6.45) is 1.17. The fourth-order valence-electron chi connectivity index (χ4n) is 3.64. The predicted octanol–water partition coefficient (Wildman–Crippen LogP) is 4.10. The Morgan fingerprint density at radius 1 is 1.03 bits per heavy atom. The molecule has 1 atom stereocenters. The third kappa shape index (κ3) is 5.05. The lowest BCUT2D eigenvalue weighted by molar-refractivity contribution is -0.121. The first-order chi connectivity index (χ1) is 17.0. The molecule has 4 rings (SSSR count). The van der Waals surface area contributed by atoms with Gasteiger partial charge in [-0.3, -0.25) is 9.59 Å². The summed E-state index contributed by atoms with van der Waals surface area (Å²) < 4.78 is 67.0. The van der Waals surface area contributed by atoms with Crippen molar-refractivity contribution in [3.8, 4) is 0 Å². The smallest absolute Gasteiger partial charge is 0.253 e. The van der Waals surface area contributed by atoms with Crippen LogP contribution in [0.1, 0.15) is 28.4 Å². The number of aromatic nitrogens is 1. The Kier molecular flexibility index (Phi) is 7.01. The number of carbonyl (C=O) groups excluding carboxylic acids is 2. The molecule has 1 aliphatic rings. The highest BCUT2D eigenvalue weighted by atomic mass is 32.2. The number of fused-ring (bicyclic) bond motifs is 1. The molecule has 36 heavy (non-hydrogen) atoms. The molecule has 1 aliphatic heterocycles. The van der Waals surface area contributed by atoms with Crippen molar-refractivity contribution in [1.29, 1.82) is 0 Å². The number of halogens is 5. The highest BCUT2D eigenvalue weighted by Crippen LogP contribution is 2.44. The van der Waals surface area contributed by atoms with Crippen LogP contribution in [0.4, 0.5) is 27.6 Å². The van der Waals surface area contributed by atoms with E-state index >= 15 is 0 Å². The van der Waals surface area contributed by atoms with Crippen LogP contribution in [-0.2, 0) is 17.9 Å². The third-order valence-corrected chi connectivity index (χ3v) is 6.76. The molecule has 0 aliphatic carbocycles. The molecule has 3 aromatic rings. The van der Waals surface area contributed by atoms with Gasteiger partial charge in [0.2, 0.25) is 5.91 Å². The van der Waals surface area contributed by atoms with Crippen LogP contribution in [0.3, 0.4) is 0 Å². The van der Waals surface area contributed by atoms with Crippen molar-refractivity contribution in [1.82, 2.24) is 10.3 Å². The van der Waals surface area contributed by atoms with Crippen molar-refractivity contribution in [2.24, 2.45) is 0 Å². The number of amides is 2. The van der Waals surface area contributed by atoms with Crippen LogP contribution >= 0.6 is 11.8 Å². The zero-order valence-corrected chi connectivity index (χ0v) is 19.4. The molecule has 0 bridgehead atoms. The van der Waals surface area contributed by atoms with Gasteiger partial charge in [-0.25, -0.2) is 26.9 Å². The monoisotopic (exact) mass is 523 g/mol. The Morgan fingerprint density at radius 3 is 2.25 bits per heavy atom. The summed E-state index contributed by atoms with van der Waals surface area (Å²) in [6, 6.07) is 5.04. The molecule has 1 aromatic heterocycles. The lowest BCUT2D eigenvalue weighted by Crippen LogP contribution is -2.50. The first-order valence-corrected chi connectivity index (χ1v) is 11.3. The van der Waals surface area contributed by atoms with E-state index in [0.717, 1.165) is 28.8 Å². The minimum absolute atomic E-state index is 0.0758. The minimum atomic E-state index is -1.34. The molecule has 188 valence electrons. The van der Waals surface area contributed by atoms with Gasteiger partial charge in [0.05, 0.1) is 24.4 Å². The second-order valence-electron chi connectivity index (χ2n) is 8.24. The minimum Gasteiger partial charge on any atom is -0.394 e. The van der Waals surface area contributed by atoms with Gasteiger partial charge in [0, 0.05) is 36.5 Å². The van der Waals surface area contributed by atoms with Gasteiger partial charge in [-0.15, -0.1) is 0 Å². The summed E-state index contributed by atoms with van der Waals surface area (Å²) in [5.74, 6) is -6.51. The summed E-state index contributed by atoms with van der Waals surface area (Å²) in [6.45, 7) is 0.0602. The molecule has 2 aromatic carbocycles. The molecule has 2 amide bonds. The third-order valence-electron chi connectivity index (χ3n) is 5.50. The van der Waals surface area contributed by atoms with Crippen molar-refractivity contribution in [2.75, 3.05) is 11.5 Å². The molecular formula is C24H18F5N3O3S. The van der Waals surface area contributed by atoms with Crippen molar-refractivity contribution < 1.29 is 36.6 Å². The number of carbonyl (C=O) groups is 2. The summed E-state index contributed by atoms with van der Waals surface area (Å²) in [4.78, 5) is 31.3. The van der Waals surface area contributed by atoms with E-state index < -0.39 is 64.4 Å². The highest BCUT2D eigenvalue weighted by molar-refractivity contribution is 8.01. The number of pyridine rings is 1. The van der Waals surface area contributed by atoms with Gasteiger partial charge in [0.15, 0.2) is 0 Å². The first-order valence-electron chi connectivity index (χ1n) is 10.5. The van der Waals surface area contributed by atoms with Crippen LogP contribution in [0.15, 0.2) is 47.6 Å². The Balaban J connectivity index is 1.65. The standard InChI is InChI=1S/C24H18F5N3O3S/c1-24(11-33)23(35)32(10-12-2-14(25)5-15(26)3-12)20-4-13(8-31-22(20)36-24)21(34)30-9-17-18(28)6-16(27)7-19(17)29/h2-8,33H,9-11H2,1H3,(H,30,34). The number of hydrogen-bond donors (Lipinski definition) is 2. The van der Waals surface area contributed by atoms with Gasteiger partial charge in [-0.2, -0.15) is 0 Å². The fourth-order valence-corrected chi connectivity index (χ4v) is 4.71. The molecule has 12 heteroatoms. The maximum absolute atomic E-state index is 13.9. The zero-order chi connectivity index (χ0) is 26.2. The predicted molar refractivity (Wildman–Crippen MR) is 121 cm³/mol. The molecule has 0 fully saturated rings. The fraction of sp³-hybridized carbons (Fsp3) is 0.208. The highest BCUT2D eigenvalue weighted by Gasteiger charge is 2.44. The Hall–Kier alpha value is -3.51. The van der Waals surface area contributed by atoms with Crippen molar-refractivity contribution in [2.45, 2.75) is 29.8 Å². The van der Waals surface area contributed by atoms with Gasteiger partial charge in [0.1, 0.15) is 38.9 Å². The SMILES string of the molecule is CC1(CO)Sc2ncc(C(=O)NCc3c(F)cc(F)cc3F)cc2N(Cc2cc(F)cc(F)c2)C1=O. The largest absolute Gasteiger partial charge is 0.394 e. The first kappa shape index (κ1) is 25.6. The van der Waals surface area contributed by atoms with Crippen LogP contribution in [0.5, 0.6) is 0 Å². The lowest BCUT2D eigenvalue weighted by Gasteiger charge is -2.38. The van der Waals surface area contributed by atoms with E-state index in [4.69, 9.17) is 0 Å². The topological polar surface area (TPSA) is 82.5 Å². The normalized spacial score (nSPS) is 17.2. The second-order valence-corrected chi connectivity index (χ2v) is 9.73. The van der Waals surface area contributed by atoms with E-state index in [2.05, 4.69) is 10.3 Å². The summed E-state index contributed by atoms with van der Waals surface area (Å²) in [7, 11) is 0. The Bertz CT molecular complexity index is 1330. The number of rotatable bonds is 6. The number of benzene rings is 2. The van der Waals surface area contributed by atoms with Gasteiger partial charge < -0.3 is 15.3 Å². The molecular weight excluding hydrogens is 505 g/mol. The molecule has 0 radical (unpaired) electrons. The van der Waals surface area contributed by atoms with E-state index in [9.17, 15) is 36.6 Å². The van der Waals surface area contributed by atoms with Crippen molar-refractivity contribution in [3.05, 3.63) is 88.4 Å². The van der Waals surface area contributed by atoms with Crippen molar-refractivity contribution >= 4 is 29.3 Å². The maximum atomic E-state index is 13.9. The Labute approximate surface area is 206 Å². The van der Waals surface area contributed by atoms with Gasteiger partial charge in [0.25, 0.3) is 5.91 Å². The van der Waals surface area contributed by atoms with Gasteiger partial charge in [-0.05, 0) is 30.7 Å². The van der Waals surface area contributed by atoms with E-state index in [1.165, 1.54) is 19.2 Å². The number of nitrogens with zero attached hydrogens (tertiary/aromatic N) is 2. The molecule has 1 unspecified atom stereocenters. The van der Waals surface area contributed by atoms with Crippen LogP contribution in [0, 0.1) is 29.1 Å². The maximum Gasteiger partial charge on any atom is 0.253 e. The molecule has 2 N–H and O–H groups in total. The van der Waals surface area contributed by atoms with Gasteiger partial charge in [-0.1, -0.05) is 11.8 Å².